The van der Waals surface area contributed by atoms with E-state index in [2.05, 4.69) is 18.1 Å². The molecule has 1 fully saturated rings. The fraction of sp³-hybridized carbons (Fsp3) is 0.692. The molecule has 6 atom stereocenters. The van der Waals surface area contributed by atoms with Gasteiger partial charge in [0.2, 0.25) is 0 Å². The molecule has 7 N–H and O–H groups in total. The van der Waals surface area contributed by atoms with Gasteiger partial charge in [0.25, 0.3) is 0 Å². The molecule has 1 aliphatic heterocycles. The van der Waals surface area contributed by atoms with Crippen LogP contribution in [0, 0.1) is 0 Å². The summed E-state index contributed by atoms with van der Waals surface area (Å²) in [5, 5.41) is 10.6. The lowest BCUT2D eigenvalue weighted by molar-refractivity contribution is -0.0761. The predicted molar refractivity (Wildman–Crippen MR) is 109 cm³/mol. The van der Waals surface area contributed by atoms with Gasteiger partial charge >= 0.3 is 29.2 Å². The molecule has 0 amide bonds. The maximum Gasteiger partial charge on any atom is 0.490 e. The fourth-order valence-electron chi connectivity index (χ4n) is 2.77. The first-order chi connectivity index (χ1) is 15.6. The molecule has 21 heteroatoms. The van der Waals surface area contributed by atoms with Gasteiger partial charge in [0.1, 0.15) is 24.1 Å². The number of hydrogen-bond donors (Lipinski definition) is 6. The number of aromatic nitrogens is 2. The van der Waals surface area contributed by atoms with Gasteiger partial charge in [0.15, 0.2) is 6.23 Å². The Labute approximate surface area is 191 Å². The Morgan fingerprint density at radius 2 is 1.82 bits per heavy atom. The summed E-state index contributed by atoms with van der Waals surface area (Å²) in [6, 6.07) is 1.28. The second kappa shape index (κ2) is 11.8. The molecule has 0 radical (unpaired) electrons. The minimum Gasteiger partial charge on any atom is -0.387 e. The predicted octanol–water partition coefficient (Wildman–Crippen LogP) is -1.15. The number of rotatable bonds is 13. The van der Waals surface area contributed by atoms with Crippen molar-refractivity contribution in [2.45, 2.75) is 31.0 Å². The molecule has 196 valence electrons. The summed E-state index contributed by atoms with van der Waals surface area (Å²) in [6.45, 7) is -0.557. The number of phosphoric ester groups is 1. The van der Waals surface area contributed by atoms with Crippen molar-refractivity contribution in [2.24, 2.45) is 0 Å². The van der Waals surface area contributed by atoms with Gasteiger partial charge in [0.05, 0.1) is 6.61 Å². The molecule has 2 heterocycles. The van der Waals surface area contributed by atoms with Crippen molar-refractivity contribution in [1.82, 2.24) is 9.55 Å². The lowest BCUT2D eigenvalue weighted by Crippen LogP contribution is -2.38. The van der Waals surface area contributed by atoms with Gasteiger partial charge in [-0.05, 0) is 12.5 Å². The lowest BCUT2D eigenvalue weighted by atomic mass is 10.1. The van der Waals surface area contributed by atoms with Gasteiger partial charge in [-0.2, -0.15) is 13.6 Å². The third-order valence-corrected chi connectivity index (χ3v) is 7.86. The summed E-state index contributed by atoms with van der Waals surface area (Å²) < 4.78 is 62.7. The number of nitrogens with two attached hydrogens (primary N) is 1. The number of aliphatic hydroxyl groups excluding tert-OH is 1. The number of anilines is 1. The Bertz CT molecular complexity index is 1030. The first-order valence-corrected chi connectivity index (χ1v) is 13.7. The fourth-order valence-corrected chi connectivity index (χ4v) is 5.80. The van der Waals surface area contributed by atoms with Crippen LogP contribution in [0.2, 0.25) is 0 Å². The maximum atomic E-state index is 12.2. The van der Waals surface area contributed by atoms with Gasteiger partial charge in [-0.15, -0.1) is 0 Å². The summed E-state index contributed by atoms with van der Waals surface area (Å²) in [5.74, 6) is -0.0819. The third kappa shape index (κ3) is 8.86. The molecule has 0 aliphatic carbocycles. The van der Waals surface area contributed by atoms with Crippen LogP contribution in [0.3, 0.4) is 0 Å². The van der Waals surface area contributed by atoms with E-state index in [1.54, 1.807) is 0 Å². The number of ether oxygens (including phenoxy) is 3. The van der Waals surface area contributed by atoms with E-state index in [4.69, 9.17) is 29.7 Å². The van der Waals surface area contributed by atoms with Crippen LogP contribution in [0.1, 0.15) is 12.6 Å². The van der Waals surface area contributed by atoms with Crippen LogP contribution in [0.25, 0.3) is 0 Å². The van der Waals surface area contributed by atoms with Crippen LogP contribution in [-0.2, 0) is 41.1 Å². The largest absolute Gasteiger partial charge is 0.490 e. The molecule has 1 aromatic rings. The topological polar surface area (TPSA) is 269 Å². The highest BCUT2D eigenvalue weighted by Gasteiger charge is 2.48. The monoisotopic (exact) mass is 555 g/mol. The number of hydrogen-bond acceptors (Lipinski definition) is 13. The Balaban J connectivity index is 2.14. The lowest BCUT2D eigenvalue weighted by Gasteiger charge is -2.22. The molecular formula is C13H24N3O15P3. The highest BCUT2D eigenvalue weighted by Crippen LogP contribution is 2.66. The van der Waals surface area contributed by atoms with Crippen molar-refractivity contribution in [3.8, 4) is 0 Å². The Morgan fingerprint density at radius 1 is 1.15 bits per heavy atom. The number of methoxy groups -OCH3 is 1. The van der Waals surface area contributed by atoms with Gasteiger partial charge in [-0.25, -0.2) is 18.5 Å². The second-order valence-electron chi connectivity index (χ2n) is 6.67. The Kier molecular flexibility index (Phi) is 10.1. The van der Waals surface area contributed by atoms with Crippen molar-refractivity contribution >= 4 is 29.3 Å². The Morgan fingerprint density at radius 3 is 2.41 bits per heavy atom. The molecule has 0 bridgehead atoms. The molecule has 18 nitrogen and oxygen atoms in total. The molecule has 0 aromatic carbocycles. The van der Waals surface area contributed by atoms with Crippen LogP contribution >= 0.6 is 23.5 Å². The minimum absolute atomic E-state index is 0.0647. The summed E-state index contributed by atoms with van der Waals surface area (Å²) in [6.07, 6.45) is -3.84. The van der Waals surface area contributed by atoms with Gasteiger partial charge < -0.3 is 44.6 Å². The molecule has 2 rings (SSSR count). The van der Waals surface area contributed by atoms with E-state index < -0.39 is 60.3 Å². The number of aliphatic hydroxyl groups is 1. The van der Waals surface area contributed by atoms with Crippen molar-refractivity contribution in [3.63, 3.8) is 0 Å². The standard InChI is InChI=1S/C13H24N3O15P3/c1-26-5-2-6-27-11-10(17)8(29-12(11)16-4-3-9(14)15-13(16)18)7-28-33(22,23)31-34(24,25)30-32(19,20)21/h3-4,8,10-12,17H,2,5-7H2,1H3,(H,22,23)(H,24,25)(H2,14,15,18)(H2,19,20,21)/t8-,10+,11?,12-/m1/s1. The van der Waals surface area contributed by atoms with Crippen LogP contribution in [0.15, 0.2) is 17.1 Å². The average molecular weight is 555 g/mol. The van der Waals surface area contributed by atoms with Crippen molar-refractivity contribution in [1.29, 1.82) is 0 Å². The number of phosphoric acid groups is 3. The Hall–Kier alpha value is -1.07. The third-order valence-electron chi connectivity index (χ3n) is 4.06. The molecule has 0 spiro atoms. The van der Waals surface area contributed by atoms with Crippen LogP contribution in [0.5, 0.6) is 0 Å². The van der Waals surface area contributed by atoms with Crippen molar-refractivity contribution in [3.05, 3.63) is 22.7 Å². The summed E-state index contributed by atoms with van der Waals surface area (Å²) in [7, 11) is -15.3. The van der Waals surface area contributed by atoms with Gasteiger partial charge in [-0.3, -0.25) is 9.09 Å². The van der Waals surface area contributed by atoms with E-state index in [0.717, 1.165) is 4.57 Å². The summed E-state index contributed by atoms with van der Waals surface area (Å²) >= 11 is 0. The SMILES string of the molecule is COCCCOC1[C@@H](O)[C@@H](COP(=O)(O)OP(=O)(O)OP(=O)(O)O)O[C@H]1n1ccc(N)nc1=O. The molecule has 1 aromatic heterocycles. The minimum atomic E-state index is -5.72. The van der Waals surface area contributed by atoms with Gasteiger partial charge in [0, 0.05) is 26.5 Å². The number of nitrogen functional groups attached to an aromatic ring is 1. The van der Waals surface area contributed by atoms with Crippen molar-refractivity contribution < 1.29 is 65.7 Å². The number of nitrogens with zero attached hydrogens (tertiary/aromatic N) is 2. The average Bonchev–Trinajstić information content (AvgIpc) is 2.96. The van der Waals surface area contributed by atoms with E-state index in [1.807, 2.05) is 0 Å². The first-order valence-electron chi connectivity index (χ1n) is 9.21. The van der Waals surface area contributed by atoms with Crippen LogP contribution in [0.4, 0.5) is 5.82 Å². The normalized spacial score (nSPS) is 26.8. The summed E-state index contributed by atoms with van der Waals surface area (Å²) in [5.41, 5.74) is 4.61. The summed E-state index contributed by atoms with van der Waals surface area (Å²) in [4.78, 5) is 51.6. The quantitative estimate of drug-likeness (QED) is 0.124. The van der Waals surface area contributed by atoms with E-state index >= 15 is 0 Å². The molecule has 1 saturated heterocycles. The second-order valence-corrected chi connectivity index (χ2v) is 11.1. The zero-order valence-electron chi connectivity index (χ0n) is 17.4. The zero-order chi connectivity index (χ0) is 25.7. The van der Waals surface area contributed by atoms with E-state index in [-0.39, 0.29) is 12.4 Å². The maximum absolute atomic E-state index is 12.2. The highest BCUT2D eigenvalue weighted by atomic mass is 31.3. The zero-order valence-corrected chi connectivity index (χ0v) is 20.1. The molecular weight excluding hydrogens is 531 g/mol. The first kappa shape index (κ1) is 29.2. The van der Waals surface area contributed by atoms with E-state index in [1.165, 1.54) is 19.4 Å². The van der Waals surface area contributed by atoms with Gasteiger partial charge in [-0.1, -0.05) is 0 Å². The molecule has 34 heavy (non-hydrogen) atoms. The van der Waals surface area contributed by atoms with Crippen molar-refractivity contribution in [2.75, 3.05) is 32.7 Å². The van der Waals surface area contributed by atoms with Crippen LogP contribution < -0.4 is 11.4 Å². The van der Waals surface area contributed by atoms with E-state index in [9.17, 15) is 33.4 Å². The molecule has 0 saturated carbocycles. The molecule has 3 unspecified atom stereocenters. The van der Waals surface area contributed by atoms with E-state index in [0.29, 0.717) is 13.0 Å². The van der Waals surface area contributed by atoms with Crippen LogP contribution in [-0.4, -0.2) is 79.5 Å². The smallest absolute Gasteiger partial charge is 0.387 e. The molecule has 1 aliphatic rings. The highest BCUT2D eigenvalue weighted by molar-refractivity contribution is 7.66.